The lowest BCUT2D eigenvalue weighted by atomic mass is 10.0. The van der Waals surface area contributed by atoms with Crippen LogP contribution < -0.4 is 4.90 Å². The number of anilines is 1. The van der Waals surface area contributed by atoms with Crippen LogP contribution in [0, 0.1) is 0 Å². The van der Waals surface area contributed by atoms with E-state index in [0.29, 0.717) is 6.54 Å². The second-order valence-corrected chi connectivity index (χ2v) is 7.05. The van der Waals surface area contributed by atoms with Gasteiger partial charge in [0.2, 0.25) is 0 Å². The highest BCUT2D eigenvalue weighted by atomic mass is 79.9. The Morgan fingerprint density at radius 2 is 2.08 bits per heavy atom. The van der Waals surface area contributed by atoms with Gasteiger partial charge in [0.05, 0.1) is 28.5 Å². The maximum atomic E-state index is 4.82. The fourth-order valence-electron chi connectivity index (χ4n) is 3.17. The minimum atomic E-state index is 0.431. The molecule has 0 radical (unpaired) electrons. The fraction of sp³-hybridized carbons (Fsp3) is 0.200. The van der Waals surface area contributed by atoms with Crippen LogP contribution in [0.2, 0.25) is 0 Å². The van der Waals surface area contributed by atoms with Crippen LogP contribution in [0.1, 0.15) is 31.0 Å². The Balaban J connectivity index is 1.89. The molecule has 2 aliphatic heterocycles. The van der Waals surface area contributed by atoms with Crippen LogP contribution in [-0.2, 0) is 0 Å². The van der Waals surface area contributed by atoms with Crippen LogP contribution in [0.5, 0.6) is 0 Å². The largest absolute Gasteiger partial charge is 0.293 e. The normalized spacial score (nSPS) is 16.2. The SMILES string of the molecule is C=C1C(CCC)=NN=C2CN=C(c3ccccn3)c3cc(Br)ccc3N12. The summed E-state index contributed by atoms with van der Waals surface area (Å²) in [7, 11) is 0. The minimum Gasteiger partial charge on any atom is -0.293 e. The second-order valence-electron chi connectivity index (χ2n) is 6.14. The Morgan fingerprint density at radius 3 is 2.85 bits per heavy atom. The molecule has 1 aromatic carbocycles. The Labute approximate surface area is 161 Å². The molecule has 0 saturated heterocycles. The van der Waals surface area contributed by atoms with E-state index in [4.69, 9.17) is 4.99 Å². The second kappa shape index (κ2) is 6.96. The summed E-state index contributed by atoms with van der Waals surface area (Å²) in [6.45, 7) is 6.86. The topological polar surface area (TPSA) is 53.2 Å². The molecule has 4 rings (SSSR count). The van der Waals surface area contributed by atoms with E-state index in [-0.39, 0.29) is 0 Å². The van der Waals surface area contributed by atoms with Crippen molar-refractivity contribution in [2.45, 2.75) is 19.8 Å². The fourth-order valence-corrected chi connectivity index (χ4v) is 3.53. The number of nitrogens with zero attached hydrogens (tertiary/aromatic N) is 5. The first-order valence-electron chi connectivity index (χ1n) is 8.57. The predicted molar refractivity (Wildman–Crippen MR) is 110 cm³/mol. The third-order valence-electron chi connectivity index (χ3n) is 4.37. The van der Waals surface area contributed by atoms with Gasteiger partial charge in [-0.1, -0.05) is 41.9 Å². The molecular weight excluding hydrogens is 390 g/mol. The third kappa shape index (κ3) is 2.90. The molecule has 130 valence electrons. The molecule has 0 saturated carbocycles. The van der Waals surface area contributed by atoms with Crippen molar-refractivity contribution in [2.24, 2.45) is 15.2 Å². The number of pyridine rings is 1. The lowest BCUT2D eigenvalue weighted by Gasteiger charge is -2.30. The number of hydrogen-bond acceptors (Lipinski definition) is 5. The van der Waals surface area contributed by atoms with Crippen molar-refractivity contribution in [3.8, 4) is 0 Å². The van der Waals surface area contributed by atoms with Crippen LogP contribution in [0.15, 0.2) is 74.5 Å². The summed E-state index contributed by atoms with van der Waals surface area (Å²) in [4.78, 5) is 11.4. The van der Waals surface area contributed by atoms with E-state index in [0.717, 1.165) is 57.2 Å². The number of aromatic nitrogens is 1. The molecule has 5 nitrogen and oxygen atoms in total. The maximum Gasteiger partial charge on any atom is 0.158 e. The average Bonchev–Trinajstić information content (AvgIpc) is 2.82. The molecule has 26 heavy (non-hydrogen) atoms. The van der Waals surface area contributed by atoms with Gasteiger partial charge < -0.3 is 0 Å². The summed E-state index contributed by atoms with van der Waals surface area (Å²) in [5.74, 6) is 0.782. The summed E-state index contributed by atoms with van der Waals surface area (Å²) < 4.78 is 0.991. The van der Waals surface area contributed by atoms with Gasteiger partial charge >= 0.3 is 0 Å². The molecule has 0 atom stereocenters. The van der Waals surface area contributed by atoms with Crippen LogP contribution in [0.4, 0.5) is 5.69 Å². The van der Waals surface area contributed by atoms with Crippen molar-refractivity contribution in [1.29, 1.82) is 0 Å². The predicted octanol–water partition coefficient (Wildman–Crippen LogP) is 4.58. The summed E-state index contributed by atoms with van der Waals surface area (Å²) >= 11 is 3.59. The van der Waals surface area contributed by atoms with Crippen molar-refractivity contribution in [1.82, 2.24) is 4.98 Å². The van der Waals surface area contributed by atoms with E-state index in [1.807, 2.05) is 24.3 Å². The number of halogens is 1. The quantitative estimate of drug-likeness (QED) is 0.747. The zero-order chi connectivity index (χ0) is 18.1. The standard InChI is InChI=1S/C20H18BrN5/c1-3-6-16-13(2)26-18-9-8-14(21)11-15(18)20(17-7-4-5-10-22-17)23-12-19(26)25-24-16/h4-5,7-11H,2-3,6,12H2,1H3. The lowest BCUT2D eigenvalue weighted by Crippen LogP contribution is -2.37. The van der Waals surface area contributed by atoms with Gasteiger partial charge in [0.1, 0.15) is 6.54 Å². The molecule has 6 heteroatoms. The monoisotopic (exact) mass is 407 g/mol. The van der Waals surface area contributed by atoms with Crippen LogP contribution in [-0.4, -0.2) is 28.8 Å². The van der Waals surface area contributed by atoms with Crippen LogP contribution >= 0.6 is 15.9 Å². The summed E-state index contributed by atoms with van der Waals surface area (Å²) in [5.41, 5.74) is 5.49. The average molecular weight is 408 g/mol. The lowest BCUT2D eigenvalue weighted by molar-refractivity contribution is 0.961. The van der Waals surface area contributed by atoms with E-state index in [1.165, 1.54) is 0 Å². The van der Waals surface area contributed by atoms with E-state index >= 15 is 0 Å². The molecule has 2 aliphatic rings. The van der Waals surface area contributed by atoms with Gasteiger partial charge in [0.25, 0.3) is 0 Å². The van der Waals surface area contributed by atoms with Crippen molar-refractivity contribution >= 4 is 38.9 Å². The van der Waals surface area contributed by atoms with Crippen LogP contribution in [0.25, 0.3) is 0 Å². The Kier molecular flexibility index (Phi) is 4.51. The van der Waals surface area contributed by atoms with Crippen molar-refractivity contribution in [3.05, 3.63) is 70.6 Å². The van der Waals surface area contributed by atoms with E-state index in [1.54, 1.807) is 6.20 Å². The van der Waals surface area contributed by atoms with Crippen molar-refractivity contribution < 1.29 is 0 Å². The van der Waals surface area contributed by atoms with Gasteiger partial charge in [-0.05, 0) is 36.8 Å². The Morgan fingerprint density at radius 1 is 1.19 bits per heavy atom. The zero-order valence-electron chi connectivity index (χ0n) is 14.5. The number of allylic oxidation sites excluding steroid dienone is 1. The molecule has 0 fully saturated rings. The first-order valence-corrected chi connectivity index (χ1v) is 9.37. The first kappa shape index (κ1) is 16.8. The van der Waals surface area contributed by atoms with E-state index < -0.39 is 0 Å². The Hall–Kier alpha value is -2.60. The Bertz CT molecular complexity index is 959. The van der Waals surface area contributed by atoms with E-state index in [9.17, 15) is 0 Å². The number of aliphatic imine (C=N–C) groups is 1. The summed E-state index contributed by atoms with van der Waals surface area (Å²) in [6.07, 6.45) is 3.64. The molecule has 0 unspecified atom stereocenters. The number of hydrogen-bond donors (Lipinski definition) is 0. The van der Waals surface area contributed by atoms with E-state index in [2.05, 4.69) is 61.7 Å². The smallest absolute Gasteiger partial charge is 0.158 e. The molecule has 0 spiro atoms. The molecule has 3 heterocycles. The number of rotatable bonds is 3. The molecule has 0 aliphatic carbocycles. The van der Waals surface area contributed by atoms with Gasteiger partial charge in [0, 0.05) is 16.2 Å². The van der Waals surface area contributed by atoms with Crippen molar-refractivity contribution in [2.75, 3.05) is 11.4 Å². The van der Waals surface area contributed by atoms with Gasteiger partial charge in [-0.2, -0.15) is 5.10 Å². The third-order valence-corrected chi connectivity index (χ3v) is 4.87. The molecule has 2 aromatic rings. The number of amidine groups is 1. The first-order chi connectivity index (χ1) is 12.7. The maximum absolute atomic E-state index is 4.82. The molecular formula is C20H18BrN5. The highest BCUT2D eigenvalue weighted by molar-refractivity contribution is 9.10. The molecule has 0 N–H and O–H groups in total. The molecule has 0 amide bonds. The van der Waals surface area contributed by atoms with Gasteiger partial charge in [-0.25, -0.2) is 0 Å². The summed E-state index contributed by atoms with van der Waals surface area (Å²) in [6, 6.07) is 12.0. The highest BCUT2D eigenvalue weighted by Gasteiger charge is 2.30. The van der Waals surface area contributed by atoms with Gasteiger partial charge in [-0.3, -0.25) is 14.9 Å². The highest BCUT2D eigenvalue weighted by Crippen LogP contribution is 2.33. The number of fused-ring (bicyclic) bond motifs is 3. The zero-order valence-corrected chi connectivity index (χ0v) is 16.1. The van der Waals surface area contributed by atoms with Gasteiger partial charge in [-0.15, -0.1) is 5.10 Å². The number of benzene rings is 1. The van der Waals surface area contributed by atoms with Crippen molar-refractivity contribution in [3.63, 3.8) is 0 Å². The van der Waals surface area contributed by atoms with Crippen LogP contribution in [0.3, 0.4) is 0 Å². The molecule has 1 aromatic heterocycles. The van der Waals surface area contributed by atoms with Gasteiger partial charge in [0.15, 0.2) is 5.84 Å². The minimum absolute atomic E-state index is 0.431. The molecule has 0 bridgehead atoms. The summed E-state index contributed by atoms with van der Waals surface area (Å²) in [5, 5.41) is 8.83.